The Bertz CT molecular complexity index is 97.6. The van der Waals surface area contributed by atoms with E-state index in [1.165, 1.54) is 0 Å². The lowest BCUT2D eigenvalue weighted by Gasteiger charge is -2.29. The van der Waals surface area contributed by atoms with Crippen LogP contribution in [0.4, 0.5) is 0 Å². The molecule has 0 saturated carbocycles. The van der Waals surface area contributed by atoms with Crippen molar-refractivity contribution in [1.29, 1.82) is 0 Å². The van der Waals surface area contributed by atoms with Gasteiger partial charge >= 0.3 is 0 Å². The van der Waals surface area contributed by atoms with Crippen LogP contribution in [0.2, 0.25) is 0 Å². The Morgan fingerprint density at radius 1 is 1.70 bits per heavy atom. The van der Waals surface area contributed by atoms with Crippen LogP contribution < -0.4 is 0 Å². The number of morpholine rings is 1. The molecule has 0 aromatic carbocycles. The smallest absolute Gasteiger partial charge is 0.0713 e. The van der Waals surface area contributed by atoms with Gasteiger partial charge in [-0.05, 0) is 13.5 Å². The first kappa shape index (κ1) is 8.31. The summed E-state index contributed by atoms with van der Waals surface area (Å²) in [5.41, 5.74) is 0. The van der Waals surface area contributed by atoms with E-state index in [1.54, 1.807) is 0 Å². The number of rotatable bonds is 2. The van der Waals surface area contributed by atoms with E-state index in [1.807, 2.05) is 0 Å². The topological polar surface area (TPSA) is 12.5 Å². The van der Waals surface area contributed by atoms with Gasteiger partial charge in [-0.3, -0.25) is 0 Å². The molecule has 1 aliphatic heterocycles. The fourth-order valence-electron chi connectivity index (χ4n) is 1.16. The van der Waals surface area contributed by atoms with Crippen molar-refractivity contribution in [1.82, 2.24) is 4.90 Å². The Labute approximate surface area is 67.1 Å². The zero-order chi connectivity index (χ0) is 7.40. The maximum Gasteiger partial charge on any atom is 0.0713 e. The SMILES string of the molecule is CN1CCO[C@H](CCCl)C1. The number of nitrogens with zero attached hydrogens (tertiary/aromatic N) is 1. The van der Waals surface area contributed by atoms with Crippen molar-refractivity contribution in [2.75, 3.05) is 32.6 Å². The van der Waals surface area contributed by atoms with Gasteiger partial charge in [0, 0.05) is 19.0 Å². The Hall–Kier alpha value is 0.210. The summed E-state index contributed by atoms with van der Waals surface area (Å²) >= 11 is 5.58. The molecule has 10 heavy (non-hydrogen) atoms. The van der Waals surface area contributed by atoms with Crippen molar-refractivity contribution in [3.63, 3.8) is 0 Å². The van der Waals surface area contributed by atoms with E-state index >= 15 is 0 Å². The lowest BCUT2D eigenvalue weighted by Crippen LogP contribution is -2.40. The van der Waals surface area contributed by atoms with Crippen molar-refractivity contribution >= 4 is 11.6 Å². The molecule has 0 aromatic heterocycles. The average molecular weight is 164 g/mol. The fourth-order valence-corrected chi connectivity index (χ4v) is 1.41. The third-order valence-corrected chi connectivity index (χ3v) is 1.99. The minimum Gasteiger partial charge on any atom is -0.376 e. The molecule has 1 rings (SSSR count). The highest BCUT2D eigenvalue weighted by Gasteiger charge is 2.16. The molecule has 1 heterocycles. The Balaban J connectivity index is 2.18. The number of hydrogen-bond acceptors (Lipinski definition) is 2. The Morgan fingerprint density at radius 3 is 3.10 bits per heavy atom. The van der Waals surface area contributed by atoms with Crippen molar-refractivity contribution in [3.8, 4) is 0 Å². The van der Waals surface area contributed by atoms with E-state index in [2.05, 4.69) is 11.9 Å². The van der Waals surface area contributed by atoms with Crippen LogP contribution >= 0.6 is 11.6 Å². The van der Waals surface area contributed by atoms with Crippen molar-refractivity contribution in [3.05, 3.63) is 0 Å². The first-order valence-corrected chi connectivity index (χ1v) is 4.22. The molecule has 0 spiro atoms. The quantitative estimate of drug-likeness (QED) is 0.562. The predicted octanol–water partition coefficient (Wildman–Crippen LogP) is 0.946. The van der Waals surface area contributed by atoms with E-state index in [0.717, 1.165) is 26.1 Å². The molecule has 0 bridgehead atoms. The standard InChI is InChI=1S/C7H14ClNO/c1-9-4-5-10-7(6-9)2-3-8/h7H,2-6H2,1H3/t7-/m1/s1. The summed E-state index contributed by atoms with van der Waals surface area (Å²) < 4.78 is 5.46. The first-order valence-electron chi connectivity index (χ1n) is 3.69. The lowest BCUT2D eigenvalue weighted by atomic mass is 10.2. The molecule has 60 valence electrons. The lowest BCUT2D eigenvalue weighted by molar-refractivity contribution is -0.0202. The van der Waals surface area contributed by atoms with Gasteiger partial charge < -0.3 is 9.64 Å². The maximum atomic E-state index is 5.58. The number of likely N-dealkylation sites (N-methyl/N-ethyl adjacent to an activating group) is 1. The van der Waals surface area contributed by atoms with Crippen LogP contribution in [0.15, 0.2) is 0 Å². The van der Waals surface area contributed by atoms with E-state index < -0.39 is 0 Å². The van der Waals surface area contributed by atoms with Crippen LogP contribution in [0.3, 0.4) is 0 Å². The predicted molar refractivity (Wildman–Crippen MR) is 42.6 cm³/mol. The van der Waals surface area contributed by atoms with Gasteiger partial charge in [0.2, 0.25) is 0 Å². The van der Waals surface area contributed by atoms with E-state index in [4.69, 9.17) is 16.3 Å². The second-order valence-electron chi connectivity index (χ2n) is 2.73. The monoisotopic (exact) mass is 163 g/mol. The molecule has 0 amide bonds. The van der Waals surface area contributed by atoms with Gasteiger partial charge in [-0.15, -0.1) is 11.6 Å². The van der Waals surface area contributed by atoms with Gasteiger partial charge in [0.05, 0.1) is 12.7 Å². The summed E-state index contributed by atoms with van der Waals surface area (Å²) in [4.78, 5) is 2.28. The van der Waals surface area contributed by atoms with Crippen LogP contribution in [0.5, 0.6) is 0 Å². The third kappa shape index (κ3) is 2.45. The van der Waals surface area contributed by atoms with Crippen molar-refractivity contribution in [2.24, 2.45) is 0 Å². The Kier molecular flexibility index (Phi) is 3.46. The van der Waals surface area contributed by atoms with Crippen LogP contribution in [0.1, 0.15) is 6.42 Å². The van der Waals surface area contributed by atoms with Crippen molar-refractivity contribution < 1.29 is 4.74 Å². The van der Waals surface area contributed by atoms with Gasteiger partial charge in [-0.1, -0.05) is 0 Å². The molecular weight excluding hydrogens is 150 g/mol. The second-order valence-corrected chi connectivity index (χ2v) is 3.11. The number of hydrogen-bond donors (Lipinski definition) is 0. The summed E-state index contributed by atoms with van der Waals surface area (Å²) in [5, 5.41) is 0. The average Bonchev–Trinajstić information content (AvgIpc) is 1.88. The summed E-state index contributed by atoms with van der Waals surface area (Å²) in [6, 6.07) is 0. The summed E-state index contributed by atoms with van der Waals surface area (Å²) in [5.74, 6) is 0.707. The molecule has 0 aromatic rings. The molecular formula is C7H14ClNO. The second kappa shape index (κ2) is 4.16. The van der Waals surface area contributed by atoms with Crippen LogP contribution in [-0.2, 0) is 4.74 Å². The summed E-state index contributed by atoms with van der Waals surface area (Å²) in [6.45, 7) is 2.95. The number of alkyl halides is 1. The third-order valence-electron chi connectivity index (χ3n) is 1.77. The highest BCUT2D eigenvalue weighted by molar-refractivity contribution is 6.17. The van der Waals surface area contributed by atoms with Gasteiger partial charge in [-0.2, -0.15) is 0 Å². The molecule has 3 heteroatoms. The molecule has 2 nitrogen and oxygen atoms in total. The minimum absolute atomic E-state index is 0.372. The van der Waals surface area contributed by atoms with E-state index in [0.29, 0.717) is 12.0 Å². The summed E-state index contributed by atoms with van der Waals surface area (Å²) in [7, 11) is 2.11. The molecule has 0 radical (unpaired) electrons. The molecule has 1 fully saturated rings. The molecule has 0 aliphatic carbocycles. The summed E-state index contributed by atoms with van der Waals surface area (Å²) in [6.07, 6.45) is 1.35. The van der Waals surface area contributed by atoms with Crippen LogP contribution in [-0.4, -0.2) is 43.6 Å². The molecule has 1 saturated heterocycles. The fraction of sp³-hybridized carbons (Fsp3) is 1.00. The highest BCUT2D eigenvalue weighted by atomic mass is 35.5. The van der Waals surface area contributed by atoms with Gasteiger partial charge in [0.25, 0.3) is 0 Å². The zero-order valence-corrected chi connectivity index (χ0v) is 7.10. The minimum atomic E-state index is 0.372. The van der Waals surface area contributed by atoms with E-state index in [-0.39, 0.29) is 0 Å². The molecule has 0 unspecified atom stereocenters. The van der Waals surface area contributed by atoms with Gasteiger partial charge in [0.1, 0.15) is 0 Å². The largest absolute Gasteiger partial charge is 0.376 e. The number of ether oxygens (including phenoxy) is 1. The Morgan fingerprint density at radius 2 is 2.50 bits per heavy atom. The first-order chi connectivity index (χ1) is 4.83. The van der Waals surface area contributed by atoms with Crippen LogP contribution in [0.25, 0.3) is 0 Å². The zero-order valence-electron chi connectivity index (χ0n) is 6.35. The molecule has 0 N–H and O–H groups in total. The van der Waals surface area contributed by atoms with Gasteiger partial charge in [-0.25, -0.2) is 0 Å². The number of halogens is 1. The normalized spacial score (nSPS) is 28.8. The highest BCUT2D eigenvalue weighted by Crippen LogP contribution is 2.06. The van der Waals surface area contributed by atoms with E-state index in [9.17, 15) is 0 Å². The van der Waals surface area contributed by atoms with Crippen LogP contribution in [0, 0.1) is 0 Å². The maximum absolute atomic E-state index is 5.58. The van der Waals surface area contributed by atoms with Crippen molar-refractivity contribution in [2.45, 2.75) is 12.5 Å². The van der Waals surface area contributed by atoms with Gasteiger partial charge in [0.15, 0.2) is 0 Å². The molecule has 1 aliphatic rings. The molecule has 1 atom stereocenters.